The second-order valence-corrected chi connectivity index (χ2v) is 7.39. The Morgan fingerprint density at radius 3 is 2.70 bits per heavy atom. The van der Waals surface area contributed by atoms with Crippen LogP contribution in [-0.4, -0.2) is 15.2 Å². The number of pyridine rings is 1. The van der Waals surface area contributed by atoms with Crippen molar-refractivity contribution in [1.82, 2.24) is 15.2 Å². The van der Waals surface area contributed by atoms with Crippen molar-refractivity contribution in [3.05, 3.63) is 64.1 Å². The minimum Gasteiger partial charge on any atom is -0.487 e. The average Bonchev–Trinajstić information content (AvgIpc) is 2.92. The number of anilines is 2. The van der Waals surface area contributed by atoms with Crippen molar-refractivity contribution in [3.8, 4) is 5.75 Å². The molecule has 3 aromatic rings. The Balaban J connectivity index is 1.60. The molecule has 0 spiro atoms. The van der Waals surface area contributed by atoms with Crippen molar-refractivity contribution < 1.29 is 4.74 Å². The van der Waals surface area contributed by atoms with E-state index >= 15 is 0 Å². The lowest BCUT2D eigenvalue weighted by atomic mass is 10.1. The summed E-state index contributed by atoms with van der Waals surface area (Å²) in [6.45, 7) is 2.42. The van der Waals surface area contributed by atoms with Gasteiger partial charge < -0.3 is 10.1 Å². The molecule has 0 amide bonds. The Morgan fingerprint density at radius 2 is 1.93 bits per heavy atom. The molecule has 0 atom stereocenters. The van der Waals surface area contributed by atoms with Gasteiger partial charge in [0.15, 0.2) is 5.82 Å². The molecule has 2 heterocycles. The molecule has 1 aliphatic rings. The zero-order valence-electron chi connectivity index (χ0n) is 15.4. The molecule has 0 bridgehead atoms. The first kappa shape index (κ1) is 17.9. The van der Waals surface area contributed by atoms with Crippen LogP contribution in [0.15, 0.2) is 36.4 Å². The number of nitrogens with zero attached hydrogens (tertiary/aromatic N) is 2. The maximum absolute atomic E-state index is 5.94. The molecule has 0 radical (unpaired) electrons. The van der Waals surface area contributed by atoms with Gasteiger partial charge in [0.1, 0.15) is 12.4 Å². The molecule has 1 aliphatic carbocycles. The van der Waals surface area contributed by atoms with E-state index in [-0.39, 0.29) is 0 Å². The van der Waals surface area contributed by atoms with Gasteiger partial charge in [0, 0.05) is 28.2 Å². The number of aryl methyl sites for hydroxylation is 2. The lowest BCUT2D eigenvalue weighted by molar-refractivity contribution is 0.301. The molecule has 0 saturated heterocycles. The van der Waals surface area contributed by atoms with Crippen LogP contribution in [-0.2, 0) is 19.4 Å². The third-order valence-corrected chi connectivity index (χ3v) is 5.02. The summed E-state index contributed by atoms with van der Waals surface area (Å²) in [5.41, 5.74) is 5.52. The largest absolute Gasteiger partial charge is 0.487 e. The molecule has 27 heavy (non-hydrogen) atoms. The molecule has 6 heteroatoms. The Morgan fingerprint density at radius 1 is 1.11 bits per heavy atom. The SMILES string of the molecule is Cc1cc(Nc2cc(COc3ccc(Cl)cc3)nc3c2CCCCC3)n[nH]1. The van der Waals surface area contributed by atoms with E-state index in [1.54, 1.807) is 0 Å². The van der Waals surface area contributed by atoms with E-state index in [9.17, 15) is 0 Å². The number of rotatable bonds is 5. The van der Waals surface area contributed by atoms with Crippen LogP contribution in [0.1, 0.15) is 41.9 Å². The summed E-state index contributed by atoms with van der Waals surface area (Å²) in [7, 11) is 0. The molecule has 2 N–H and O–H groups in total. The summed E-state index contributed by atoms with van der Waals surface area (Å²) >= 11 is 5.94. The number of halogens is 1. The van der Waals surface area contributed by atoms with E-state index in [4.69, 9.17) is 21.3 Å². The fourth-order valence-corrected chi connectivity index (χ4v) is 3.56. The minimum atomic E-state index is 0.420. The molecule has 2 aromatic heterocycles. The summed E-state index contributed by atoms with van der Waals surface area (Å²) in [5.74, 6) is 1.61. The van der Waals surface area contributed by atoms with Gasteiger partial charge in [-0.25, -0.2) is 0 Å². The fourth-order valence-electron chi connectivity index (χ4n) is 3.43. The number of hydrogen-bond acceptors (Lipinski definition) is 4. The third-order valence-electron chi connectivity index (χ3n) is 4.77. The highest BCUT2D eigenvalue weighted by Crippen LogP contribution is 2.29. The highest BCUT2D eigenvalue weighted by Gasteiger charge is 2.16. The summed E-state index contributed by atoms with van der Waals surface area (Å²) in [6.07, 6.45) is 5.69. The van der Waals surface area contributed by atoms with Gasteiger partial charge in [0.05, 0.1) is 5.69 Å². The molecular weight excluding hydrogens is 360 g/mol. The first-order chi connectivity index (χ1) is 13.2. The van der Waals surface area contributed by atoms with Gasteiger partial charge in [-0.15, -0.1) is 0 Å². The van der Waals surface area contributed by atoms with E-state index in [0.29, 0.717) is 11.6 Å². The third kappa shape index (κ3) is 4.42. The predicted molar refractivity (Wildman–Crippen MR) is 108 cm³/mol. The van der Waals surface area contributed by atoms with Crippen LogP contribution < -0.4 is 10.1 Å². The first-order valence-corrected chi connectivity index (χ1v) is 9.74. The Bertz CT molecular complexity index is 920. The van der Waals surface area contributed by atoms with Crippen molar-refractivity contribution in [3.63, 3.8) is 0 Å². The summed E-state index contributed by atoms with van der Waals surface area (Å²) in [5, 5.41) is 11.5. The quantitative estimate of drug-likeness (QED) is 0.583. The number of fused-ring (bicyclic) bond motifs is 1. The molecule has 0 saturated carbocycles. The molecule has 1 aromatic carbocycles. The van der Waals surface area contributed by atoms with Crippen molar-refractivity contribution in [1.29, 1.82) is 0 Å². The summed E-state index contributed by atoms with van der Waals surface area (Å²) < 4.78 is 5.91. The van der Waals surface area contributed by atoms with Crippen LogP contribution in [0.25, 0.3) is 0 Å². The summed E-state index contributed by atoms with van der Waals surface area (Å²) in [6, 6.07) is 11.5. The van der Waals surface area contributed by atoms with Crippen LogP contribution in [0.2, 0.25) is 5.02 Å². The van der Waals surface area contributed by atoms with Crippen LogP contribution in [0.5, 0.6) is 5.75 Å². The average molecular weight is 383 g/mol. The molecule has 0 aliphatic heterocycles. The molecule has 4 rings (SSSR count). The number of benzene rings is 1. The van der Waals surface area contributed by atoms with E-state index in [1.165, 1.54) is 30.5 Å². The smallest absolute Gasteiger partial charge is 0.152 e. The number of nitrogens with one attached hydrogen (secondary N) is 2. The fraction of sp³-hybridized carbons (Fsp3) is 0.333. The topological polar surface area (TPSA) is 62.8 Å². The summed E-state index contributed by atoms with van der Waals surface area (Å²) in [4.78, 5) is 4.89. The number of ether oxygens (including phenoxy) is 1. The van der Waals surface area contributed by atoms with E-state index in [2.05, 4.69) is 21.6 Å². The molecule has 140 valence electrons. The minimum absolute atomic E-state index is 0.420. The van der Waals surface area contributed by atoms with Crippen molar-refractivity contribution >= 4 is 23.1 Å². The Hall–Kier alpha value is -2.53. The molecule has 0 unspecified atom stereocenters. The first-order valence-electron chi connectivity index (χ1n) is 9.36. The van der Waals surface area contributed by atoms with Crippen LogP contribution >= 0.6 is 11.6 Å². The van der Waals surface area contributed by atoms with Gasteiger partial charge in [-0.05, 0) is 68.5 Å². The highest BCUT2D eigenvalue weighted by molar-refractivity contribution is 6.30. The second-order valence-electron chi connectivity index (χ2n) is 6.95. The predicted octanol–water partition coefficient (Wildman–Crippen LogP) is 5.36. The van der Waals surface area contributed by atoms with Crippen molar-refractivity contribution in [2.75, 3.05) is 5.32 Å². The van der Waals surface area contributed by atoms with Crippen LogP contribution in [0.3, 0.4) is 0 Å². The molecular formula is C21H23ClN4O. The van der Waals surface area contributed by atoms with Crippen LogP contribution in [0.4, 0.5) is 11.5 Å². The van der Waals surface area contributed by atoms with E-state index in [1.807, 2.05) is 37.3 Å². The van der Waals surface area contributed by atoms with E-state index in [0.717, 1.165) is 41.5 Å². The number of hydrogen-bond donors (Lipinski definition) is 2. The number of aromatic nitrogens is 3. The van der Waals surface area contributed by atoms with Gasteiger partial charge >= 0.3 is 0 Å². The Labute approximate surface area is 164 Å². The van der Waals surface area contributed by atoms with E-state index < -0.39 is 0 Å². The van der Waals surface area contributed by atoms with Crippen LogP contribution in [0, 0.1) is 6.92 Å². The van der Waals surface area contributed by atoms with Gasteiger partial charge in [0.25, 0.3) is 0 Å². The van der Waals surface area contributed by atoms with Crippen molar-refractivity contribution in [2.45, 2.75) is 45.6 Å². The monoisotopic (exact) mass is 382 g/mol. The van der Waals surface area contributed by atoms with Gasteiger partial charge in [0.2, 0.25) is 0 Å². The van der Waals surface area contributed by atoms with Crippen molar-refractivity contribution in [2.24, 2.45) is 0 Å². The second kappa shape index (κ2) is 8.01. The zero-order valence-corrected chi connectivity index (χ0v) is 16.1. The Kier molecular flexibility index (Phi) is 5.30. The highest BCUT2D eigenvalue weighted by atomic mass is 35.5. The lowest BCUT2D eigenvalue weighted by Gasteiger charge is -2.15. The lowest BCUT2D eigenvalue weighted by Crippen LogP contribution is -2.07. The normalized spacial score (nSPS) is 13.7. The molecule has 0 fully saturated rings. The molecule has 5 nitrogen and oxygen atoms in total. The van der Waals surface area contributed by atoms with Gasteiger partial charge in [-0.3, -0.25) is 10.1 Å². The van der Waals surface area contributed by atoms with Gasteiger partial charge in [-0.2, -0.15) is 5.10 Å². The van der Waals surface area contributed by atoms with Gasteiger partial charge in [-0.1, -0.05) is 18.0 Å². The number of H-pyrrole nitrogens is 1. The standard InChI is InChI=1S/C21H23ClN4O/c1-14-11-21(26-25-14)24-20-12-16(13-27-17-9-7-15(22)8-10-17)23-19-6-4-2-3-5-18(19)20/h7-12H,2-6,13H2,1H3,(H2,23,24,25,26). The zero-order chi connectivity index (χ0) is 18.6. The number of aromatic amines is 1. The maximum atomic E-state index is 5.94. The maximum Gasteiger partial charge on any atom is 0.152 e.